The Morgan fingerprint density at radius 1 is 1.52 bits per heavy atom. The van der Waals surface area contributed by atoms with Crippen LogP contribution in [0, 0.1) is 12.7 Å². The summed E-state index contributed by atoms with van der Waals surface area (Å²) in [5, 5.41) is 8.98. The molecular formula is C14H16FNO4S. The van der Waals surface area contributed by atoms with Gasteiger partial charge in [0.1, 0.15) is 5.82 Å². The number of hydrogen-bond donors (Lipinski definition) is 1. The minimum absolute atomic E-state index is 0.0113. The maximum atomic E-state index is 13.7. The molecule has 1 fully saturated rings. The lowest BCUT2D eigenvalue weighted by Crippen LogP contribution is -2.33. The van der Waals surface area contributed by atoms with Crippen LogP contribution in [0.4, 0.5) is 4.39 Å². The number of halogens is 1. The largest absolute Gasteiger partial charge is 0.478 e. The van der Waals surface area contributed by atoms with E-state index in [-0.39, 0.29) is 23.0 Å². The van der Waals surface area contributed by atoms with Gasteiger partial charge in [-0.25, -0.2) is 17.6 Å². The van der Waals surface area contributed by atoms with Crippen molar-refractivity contribution in [2.24, 2.45) is 0 Å². The molecule has 1 aliphatic carbocycles. The second kappa shape index (κ2) is 5.57. The number of carboxylic acids is 1. The number of carboxylic acid groups (broad SMARTS) is 1. The highest BCUT2D eigenvalue weighted by molar-refractivity contribution is 7.89. The fourth-order valence-electron chi connectivity index (χ4n) is 2.11. The molecule has 1 aromatic carbocycles. The third-order valence-electron chi connectivity index (χ3n) is 3.33. The second-order valence-electron chi connectivity index (χ2n) is 5.00. The molecule has 1 saturated carbocycles. The Balaban J connectivity index is 2.53. The fourth-order valence-corrected chi connectivity index (χ4v) is 3.88. The average Bonchev–Trinajstić information content (AvgIpc) is 3.22. The summed E-state index contributed by atoms with van der Waals surface area (Å²) >= 11 is 0. The molecule has 0 saturated heterocycles. The Hall–Kier alpha value is -1.73. The number of hydrogen-bond acceptors (Lipinski definition) is 3. The van der Waals surface area contributed by atoms with Crippen LogP contribution >= 0.6 is 0 Å². The molecular weight excluding hydrogens is 297 g/mol. The first kappa shape index (κ1) is 15.7. The van der Waals surface area contributed by atoms with Gasteiger partial charge in [-0.2, -0.15) is 4.31 Å². The topological polar surface area (TPSA) is 74.7 Å². The molecule has 1 aliphatic rings. The van der Waals surface area contributed by atoms with E-state index in [9.17, 15) is 17.6 Å². The molecule has 0 bridgehead atoms. The van der Waals surface area contributed by atoms with Crippen LogP contribution < -0.4 is 0 Å². The van der Waals surface area contributed by atoms with Crippen LogP contribution in [0.25, 0.3) is 0 Å². The van der Waals surface area contributed by atoms with Gasteiger partial charge in [-0.3, -0.25) is 0 Å². The van der Waals surface area contributed by atoms with Gasteiger partial charge in [0.2, 0.25) is 10.0 Å². The minimum Gasteiger partial charge on any atom is -0.478 e. The first-order chi connectivity index (χ1) is 9.78. The van der Waals surface area contributed by atoms with E-state index in [2.05, 4.69) is 6.58 Å². The Kier molecular flexibility index (Phi) is 4.15. The molecule has 2 rings (SSSR count). The maximum Gasteiger partial charge on any atom is 0.338 e. The molecule has 1 aromatic rings. The standard InChI is InChI=1S/C14H16FNO4S/c1-3-6-16(10-4-5-10)21(19,20)11-7-9(2)13(15)12(8-11)14(17)18/h3,7-8,10H,1,4-6H2,2H3,(H,17,18). The number of aromatic carboxylic acids is 1. The molecule has 0 heterocycles. The van der Waals surface area contributed by atoms with E-state index in [4.69, 9.17) is 5.11 Å². The Morgan fingerprint density at radius 2 is 2.14 bits per heavy atom. The van der Waals surface area contributed by atoms with Crippen LogP contribution in [0.15, 0.2) is 29.7 Å². The maximum absolute atomic E-state index is 13.7. The summed E-state index contributed by atoms with van der Waals surface area (Å²) < 4.78 is 40.2. The van der Waals surface area contributed by atoms with Gasteiger partial charge in [-0.15, -0.1) is 6.58 Å². The first-order valence-electron chi connectivity index (χ1n) is 6.45. The summed E-state index contributed by atoms with van der Waals surface area (Å²) in [6.07, 6.45) is 3.00. The van der Waals surface area contributed by atoms with Gasteiger partial charge in [0.05, 0.1) is 10.5 Å². The number of carbonyl (C=O) groups is 1. The quantitative estimate of drug-likeness (QED) is 0.817. The lowest BCUT2D eigenvalue weighted by Gasteiger charge is -2.21. The van der Waals surface area contributed by atoms with E-state index in [1.54, 1.807) is 0 Å². The predicted molar refractivity (Wildman–Crippen MR) is 75.2 cm³/mol. The van der Waals surface area contributed by atoms with Gasteiger partial charge < -0.3 is 5.11 Å². The summed E-state index contributed by atoms with van der Waals surface area (Å²) in [6.45, 7) is 5.02. The number of nitrogens with zero attached hydrogens (tertiary/aromatic N) is 1. The molecule has 0 amide bonds. The van der Waals surface area contributed by atoms with E-state index >= 15 is 0 Å². The minimum atomic E-state index is -3.86. The molecule has 0 radical (unpaired) electrons. The molecule has 0 aromatic heterocycles. The fraction of sp³-hybridized carbons (Fsp3) is 0.357. The molecule has 0 atom stereocenters. The van der Waals surface area contributed by atoms with E-state index in [0.717, 1.165) is 25.0 Å². The van der Waals surface area contributed by atoms with Crippen molar-refractivity contribution < 1.29 is 22.7 Å². The normalized spacial score (nSPS) is 15.2. The Bertz CT molecular complexity index is 695. The Labute approximate surface area is 122 Å². The van der Waals surface area contributed by atoms with Crippen molar-refractivity contribution in [3.05, 3.63) is 41.7 Å². The van der Waals surface area contributed by atoms with Gasteiger partial charge in [0.15, 0.2) is 0 Å². The van der Waals surface area contributed by atoms with Crippen molar-refractivity contribution >= 4 is 16.0 Å². The van der Waals surface area contributed by atoms with Crippen molar-refractivity contribution in [1.29, 1.82) is 0 Å². The van der Waals surface area contributed by atoms with Crippen LogP contribution in [0.3, 0.4) is 0 Å². The van der Waals surface area contributed by atoms with Crippen LogP contribution in [0.1, 0.15) is 28.8 Å². The SMILES string of the molecule is C=CCN(C1CC1)S(=O)(=O)c1cc(C)c(F)c(C(=O)O)c1. The molecule has 0 spiro atoms. The zero-order valence-corrected chi connectivity index (χ0v) is 12.4. The Morgan fingerprint density at radius 3 is 2.62 bits per heavy atom. The van der Waals surface area contributed by atoms with Gasteiger partial charge in [-0.05, 0) is 37.5 Å². The highest BCUT2D eigenvalue weighted by Gasteiger charge is 2.37. The van der Waals surface area contributed by atoms with E-state index in [1.165, 1.54) is 17.3 Å². The number of sulfonamides is 1. The molecule has 114 valence electrons. The third-order valence-corrected chi connectivity index (χ3v) is 5.22. The first-order valence-corrected chi connectivity index (χ1v) is 7.89. The number of benzene rings is 1. The second-order valence-corrected chi connectivity index (χ2v) is 6.89. The van der Waals surface area contributed by atoms with Crippen molar-refractivity contribution in [1.82, 2.24) is 4.31 Å². The smallest absolute Gasteiger partial charge is 0.338 e. The number of aryl methyl sites for hydroxylation is 1. The predicted octanol–water partition coefficient (Wildman–Crippen LogP) is 2.17. The molecule has 0 unspecified atom stereocenters. The van der Waals surface area contributed by atoms with Gasteiger partial charge in [0.25, 0.3) is 0 Å². The molecule has 0 aliphatic heterocycles. The van der Waals surface area contributed by atoms with Crippen LogP contribution in [-0.4, -0.2) is 36.4 Å². The highest BCUT2D eigenvalue weighted by Crippen LogP contribution is 2.32. The lowest BCUT2D eigenvalue weighted by atomic mass is 10.1. The van der Waals surface area contributed by atoms with E-state index < -0.39 is 27.4 Å². The van der Waals surface area contributed by atoms with E-state index in [1.807, 2.05) is 0 Å². The summed E-state index contributed by atoms with van der Waals surface area (Å²) in [5.74, 6) is -2.41. The van der Waals surface area contributed by atoms with Gasteiger partial charge >= 0.3 is 5.97 Å². The van der Waals surface area contributed by atoms with Crippen LogP contribution in [0.2, 0.25) is 0 Å². The zero-order valence-electron chi connectivity index (χ0n) is 11.5. The van der Waals surface area contributed by atoms with Gasteiger partial charge in [0, 0.05) is 12.6 Å². The molecule has 21 heavy (non-hydrogen) atoms. The highest BCUT2D eigenvalue weighted by atomic mass is 32.2. The van der Waals surface area contributed by atoms with Crippen LogP contribution in [-0.2, 0) is 10.0 Å². The zero-order chi connectivity index (χ0) is 15.8. The molecule has 5 nitrogen and oxygen atoms in total. The van der Waals surface area contributed by atoms with Gasteiger partial charge in [-0.1, -0.05) is 6.08 Å². The molecule has 1 N–H and O–H groups in total. The summed E-state index contributed by atoms with van der Waals surface area (Å²) in [6, 6.07) is 1.94. The van der Waals surface area contributed by atoms with Crippen molar-refractivity contribution in [3.8, 4) is 0 Å². The van der Waals surface area contributed by atoms with E-state index in [0.29, 0.717) is 0 Å². The van der Waals surface area contributed by atoms with Crippen molar-refractivity contribution in [2.45, 2.75) is 30.7 Å². The average molecular weight is 313 g/mol. The summed E-state index contributed by atoms with van der Waals surface area (Å²) in [4.78, 5) is 10.8. The van der Waals surface area contributed by atoms with Crippen LogP contribution in [0.5, 0.6) is 0 Å². The molecule has 7 heteroatoms. The lowest BCUT2D eigenvalue weighted by molar-refractivity contribution is 0.0691. The monoisotopic (exact) mass is 313 g/mol. The summed E-state index contributed by atoms with van der Waals surface area (Å²) in [5.41, 5.74) is -0.647. The summed E-state index contributed by atoms with van der Waals surface area (Å²) in [7, 11) is -3.86. The van der Waals surface area contributed by atoms with Crippen molar-refractivity contribution in [2.75, 3.05) is 6.54 Å². The number of rotatable bonds is 6. The third kappa shape index (κ3) is 2.98. The van der Waals surface area contributed by atoms with Crippen molar-refractivity contribution in [3.63, 3.8) is 0 Å².